The first kappa shape index (κ1) is 129. The zero-order valence-corrected chi connectivity index (χ0v) is 87.8. The molecule has 46 heteroatoms. The summed E-state index contributed by atoms with van der Waals surface area (Å²) in [5.41, 5.74) is 58.3. The second kappa shape index (κ2) is 69.2. The van der Waals surface area contributed by atoms with Crippen molar-refractivity contribution in [2.24, 2.45) is 98.8 Å². The molecule has 2 fully saturated rings. The van der Waals surface area contributed by atoms with E-state index in [9.17, 15) is 81.8 Å². The lowest BCUT2D eigenvalue weighted by Crippen LogP contribution is -2.62. The number of aliphatic hydroxyl groups is 1. The number of nitrogens with zero attached hydrogens (tertiary/aromatic N) is 2. The van der Waals surface area contributed by atoms with Gasteiger partial charge in [-0.05, 0) is 274 Å². The lowest BCUT2D eigenvalue weighted by atomic mass is 9.98. The molecule has 0 aromatic carbocycles. The number of amides is 18. The number of hydrogen-bond donors (Lipinski definition) is 26. The Morgan fingerprint density at radius 2 is 0.462 bits per heavy atom. The van der Waals surface area contributed by atoms with Crippen LogP contribution in [0.2, 0.25) is 0 Å². The van der Waals surface area contributed by atoms with Crippen LogP contribution >= 0.6 is 0 Å². The lowest BCUT2D eigenvalue weighted by Gasteiger charge is -2.35. The van der Waals surface area contributed by atoms with E-state index in [1.807, 2.05) is 0 Å². The molecule has 18 amide bonds. The SMILES string of the molecule is CC(C)[C@H](NC(=O)[C@H](CCCCN)NC(=O)[C@@H](NC(=O)[C@H](CCCCN)NC(=O)[C@@H](NC(=O)[C@H](CCCCN)NC(=O)C(NC(=O)[C@@H]1CCCN1C(=O)C1CCCN1C(=O)[C@@H](NC(=O)[C@H](CCCCN)NC(=O)[C@@H](NC(=O)[C@H](CCCCN)NC(=O)[C@@H](NC(=O)[C@H](CCCCN)NC(=O)[C@@H](NC(=O)[C@@H](N)CCCCN)C(C)C)C(C)C)C(C)C)C(C)C)[C@@H](C)O)C(C)C)C(C)C)C(=O)N[C@@H](CCCCN)C(N)=O. The number of rotatable bonds is 73. The van der Waals surface area contributed by atoms with Crippen LogP contribution < -0.4 is 137 Å². The molecule has 2 aliphatic rings. The van der Waals surface area contributed by atoms with E-state index in [1.54, 1.807) is 96.9 Å². The fourth-order valence-corrected chi connectivity index (χ4v) is 16.9. The van der Waals surface area contributed by atoms with Crippen molar-refractivity contribution < 1.29 is 91.4 Å². The molecule has 0 aliphatic carbocycles. The van der Waals surface area contributed by atoms with Crippen molar-refractivity contribution in [2.45, 2.75) is 398 Å². The highest BCUT2D eigenvalue weighted by molar-refractivity contribution is 6.02. The van der Waals surface area contributed by atoms with Gasteiger partial charge in [-0.2, -0.15) is 0 Å². The molecule has 2 unspecified atom stereocenters. The first-order valence-electron chi connectivity index (χ1n) is 52.1. The van der Waals surface area contributed by atoms with Crippen LogP contribution in [0.5, 0.6) is 0 Å². The molecule has 19 atom stereocenters. The minimum atomic E-state index is -1.75. The summed E-state index contributed by atoms with van der Waals surface area (Å²) in [4.78, 5) is 261. The first-order chi connectivity index (χ1) is 67.6. The second-order valence-corrected chi connectivity index (χ2v) is 40.4. The van der Waals surface area contributed by atoms with Gasteiger partial charge in [-0.15, -0.1) is 0 Å². The number of nitrogens with one attached hydrogen (secondary N) is 15. The van der Waals surface area contributed by atoms with Crippen LogP contribution in [0.15, 0.2) is 0 Å². The van der Waals surface area contributed by atoms with Crippen molar-refractivity contribution in [2.75, 3.05) is 65.4 Å². The first-order valence-corrected chi connectivity index (χ1v) is 52.1. The Kier molecular flexibility index (Phi) is 62.5. The Hall–Kier alpha value is -9.94. The van der Waals surface area contributed by atoms with Crippen LogP contribution in [0, 0.1) is 41.4 Å². The summed E-state index contributed by atoms with van der Waals surface area (Å²) in [6.07, 6.45) is 6.95. The molecule has 0 spiro atoms. The zero-order chi connectivity index (χ0) is 108. The maximum Gasteiger partial charge on any atom is 0.246 e. The van der Waals surface area contributed by atoms with E-state index >= 15 is 9.59 Å². The summed E-state index contributed by atoms with van der Waals surface area (Å²) in [6, 6.07) is -22.8. The molecule has 2 saturated heterocycles. The minimum absolute atomic E-state index is 0.00750. The van der Waals surface area contributed by atoms with Crippen LogP contribution in [0.3, 0.4) is 0 Å². The molecule has 36 N–H and O–H groups in total. The molecule has 820 valence electrons. The van der Waals surface area contributed by atoms with E-state index in [0.29, 0.717) is 129 Å². The summed E-state index contributed by atoms with van der Waals surface area (Å²) in [5, 5.41) is 52.4. The number of likely N-dealkylation sites (tertiary alicyclic amines) is 2. The predicted octanol–water partition coefficient (Wildman–Crippen LogP) is -3.94. The molecule has 2 rings (SSSR count). The standard InChI is InChI=1S/C97H183N27O19/c1-54(2)72(115-81(127)62(106)34-16-24-44-98)90(136)109-64(36-18-26-46-100)83(129)117-74(56(5)6)92(138)111-67(39-21-29-49-103)85(131)119-77(59(11)12)94(140)113-69(41-23-31-51-105)87(133)121-78(60(13)14)97(143)124-53-33-43-71(124)96(142)123-52-32-42-70(123)88(134)122-79(61(15)125)95(141)114-68(40-22-30-50-104)86(132)120-76(58(9)10)93(139)112-66(38-20-28-48-102)84(130)118-75(57(7)8)91(137)110-65(37-19-27-47-101)82(128)116-73(55(3)4)89(135)108-63(80(107)126)35-17-25-45-99/h54-79,125H,16-53,98-106H2,1-15H3,(H2,107,126)(H,108,135)(H,109,136)(H,110,137)(H,111,138)(H,112,139)(H,113,140)(H,114,141)(H,115,127)(H,116,128)(H,117,129)(H,118,130)(H,119,131)(H,120,132)(H,121,133)(H,122,134)/t61-,62+,63+,64+,65+,66+,67+,68+,69+,70+,71?,72+,73+,74+,75+,76+,77+,78+,79?/m1/s1. The molecule has 0 aromatic rings. The summed E-state index contributed by atoms with van der Waals surface area (Å²) in [5.74, 6) is -17.7. The summed E-state index contributed by atoms with van der Waals surface area (Å²) < 4.78 is 0. The number of unbranched alkanes of at least 4 members (excludes halogenated alkanes) is 8. The lowest BCUT2D eigenvalue weighted by molar-refractivity contribution is -0.149. The molecular weight excluding hydrogens is 1850 g/mol. The van der Waals surface area contributed by atoms with E-state index in [1.165, 1.54) is 16.7 Å². The van der Waals surface area contributed by atoms with Gasteiger partial charge in [-0.25, -0.2) is 0 Å². The van der Waals surface area contributed by atoms with E-state index < -0.39 is 263 Å². The van der Waals surface area contributed by atoms with Gasteiger partial charge < -0.3 is 152 Å². The summed E-state index contributed by atoms with van der Waals surface area (Å²) >= 11 is 0. The van der Waals surface area contributed by atoms with Gasteiger partial charge in [0, 0.05) is 13.1 Å². The Balaban J connectivity index is 2.46. The normalized spacial score (nSPS) is 17.3. The van der Waals surface area contributed by atoms with Gasteiger partial charge in [0.1, 0.15) is 103 Å². The highest BCUT2D eigenvalue weighted by Crippen LogP contribution is 2.28. The Morgan fingerprint density at radius 1 is 0.252 bits per heavy atom. The quantitative estimate of drug-likeness (QED) is 0.0259. The number of nitrogens with two attached hydrogens (primary N) is 10. The van der Waals surface area contributed by atoms with Crippen molar-refractivity contribution in [1.82, 2.24) is 89.6 Å². The predicted molar refractivity (Wildman–Crippen MR) is 544 cm³/mol. The molecule has 0 bridgehead atoms. The van der Waals surface area contributed by atoms with Gasteiger partial charge in [0.25, 0.3) is 0 Å². The van der Waals surface area contributed by atoms with E-state index in [2.05, 4.69) is 79.8 Å². The Bertz CT molecular complexity index is 3980. The van der Waals surface area contributed by atoms with Crippen molar-refractivity contribution >= 4 is 106 Å². The monoisotopic (exact) mass is 2030 g/mol. The number of aliphatic hydroxyl groups excluding tert-OH is 1. The zero-order valence-electron chi connectivity index (χ0n) is 87.8. The average molecular weight is 2030 g/mol. The molecule has 143 heavy (non-hydrogen) atoms. The number of carbonyl (C=O) groups is 18. The van der Waals surface area contributed by atoms with Gasteiger partial charge in [-0.1, -0.05) is 103 Å². The molecule has 0 aromatic heterocycles. The highest BCUT2D eigenvalue weighted by Gasteiger charge is 2.47. The van der Waals surface area contributed by atoms with Crippen LogP contribution in [0.1, 0.15) is 284 Å². The van der Waals surface area contributed by atoms with E-state index in [4.69, 9.17) is 57.3 Å². The van der Waals surface area contributed by atoms with Gasteiger partial charge in [0.2, 0.25) is 106 Å². The minimum Gasteiger partial charge on any atom is -0.391 e. The van der Waals surface area contributed by atoms with Gasteiger partial charge in [0.05, 0.1) is 12.1 Å². The van der Waals surface area contributed by atoms with E-state index in [0.717, 1.165) is 0 Å². The van der Waals surface area contributed by atoms with Crippen molar-refractivity contribution in [3.8, 4) is 0 Å². The number of hydrogen-bond acceptors (Lipinski definition) is 28. The maximum absolute atomic E-state index is 15.1. The molecule has 0 saturated carbocycles. The number of carbonyl (C=O) groups excluding carboxylic acids is 18. The Morgan fingerprint density at radius 3 is 0.699 bits per heavy atom. The van der Waals surface area contributed by atoms with Crippen molar-refractivity contribution in [1.29, 1.82) is 0 Å². The molecular formula is C97H183N27O19. The topological polar surface area (TPSA) is 775 Å². The summed E-state index contributed by atoms with van der Waals surface area (Å²) in [7, 11) is 0. The Labute approximate surface area is 846 Å². The third-order valence-corrected chi connectivity index (χ3v) is 25.8. The smallest absolute Gasteiger partial charge is 0.246 e. The van der Waals surface area contributed by atoms with Gasteiger partial charge in [0.15, 0.2) is 0 Å². The molecule has 2 heterocycles. The van der Waals surface area contributed by atoms with Crippen LogP contribution in [-0.2, 0) is 86.3 Å². The number of primary amides is 1. The third kappa shape index (κ3) is 45.3. The highest BCUT2D eigenvalue weighted by atomic mass is 16.3. The van der Waals surface area contributed by atoms with E-state index in [-0.39, 0.29) is 117 Å². The molecule has 46 nitrogen and oxygen atoms in total. The maximum atomic E-state index is 15.1. The van der Waals surface area contributed by atoms with Crippen molar-refractivity contribution in [3.63, 3.8) is 0 Å². The largest absolute Gasteiger partial charge is 0.391 e. The molecule has 2 aliphatic heterocycles. The fourth-order valence-electron chi connectivity index (χ4n) is 16.9. The fraction of sp³-hybridized carbons (Fsp3) is 0.814. The van der Waals surface area contributed by atoms with Crippen LogP contribution in [-0.4, -0.2) is 302 Å². The van der Waals surface area contributed by atoms with Crippen LogP contribution in [0.25, 0.3) is 0 Å². The van der Waals surface area contributed by atoms with Crippen LogP contribution in [0.4, 0.5) is 0 Å². The second-order valence-electron chi connectivity index (χ2n) is 40.4. The average Bonchev–Trinajstić information content (AvgIpc) is 1.65. The van der Waals surface area contributed by atoms with Gasteiger partial charge in [-0.3, -0.25) is 86.3 Å². The molecule has 0 radical (unpaired) electrons. The third-order valence-electron chi connectivity index (χ3n) is 25.8. The van der Waals surface area contributed by atoms with Gasteiger partial charge >= 0.3 is 0 Å². The summed E-state index contributed by atoms with van der Waals surface area (Å²) in [6.45, 7) is 26.9. The van der Waals surface area contributed by atoms with Crippen molar-refractivity contribution in [3.05, 3.63) is 0 Å².